The lowest BCUT2D eigenvalue weighted by Gasteiger charge is -2.50. The fraction of sp³-hybridized carbons (Fsp3) is 0.591. The Morgan fingerprint density at radius 1 is 1.39 bits per heavy atom. The van der Waals surface area contributed by atoms with Crippen molar-refractivity contribution in [2.45, 2.75) is 44.6 Å². The lowest BCUT2D eigenvalue weighted by atomic mass is 9.76. The van der Waals surface area contributed by atoms with Crippen molar-refractivity contribution < 1.29 is 19.4 Å². The average Bonchev–Trinajstić information content (AvgIpc) is 2.67. The van der Waals surface area contributed by atoms with Crippen LogP contribution in [-0.4, -0.2) is 62.8 Å². The topological polar surface area (TPSA) is 59.0 Å². The molecule has 4 rings (SSSR count). The van der Waals surface area contributed by atoms with Gasteiger partial charge >= 0.3 is 5.97 Å². The van der Waals surface area contributed by atoms with E-state index in [-0.39, 0.29) is 14.4 Å². The van der Waals surface area contributed by atoms with Gasteiger partial charge in [-0.2, -0.15) is 0 Å². The highest BCUT2D eigenvalue weighted by molar-refractivity contribution is 5.75. The molecular weight excluding hydrogens is 353 g/mol. The largest absolute Gasteiger partial charge is 0.490 e. The smallest absolute Gasteiger partial charge is 0.306 e. The summed E-state index contributed by atoms with van der Waals surface area (Å²) >= 11 is 0. The lowest BCUT2D eigenvalue weighted by Crippen LogP contribution is -2.61. The van der Waals surface area contributed by atoms with Crippen LogP contribution in [0.5, 0.6) is 5.75 Å². The summed E-state index contributed by atoms with van der Waals surface area (Å²) in [5.41, 5.74) is 1.36. The van der Waals surface area contributed by atoms with Crippen LogP contribution in [0.4, 0.5) is 0 Å². The van der Waals surface area contributed by atoms with Gasteiger partial charge in [0.1, 0.15) is 18.0 Å². The van der Waals surface area contributed by atoms with Gasteiger partial charge in [0.05, 0.1) is 6.61 Å². The number of carbonyl (C=O) groups excluding carboxylic acids is 1. The van der Waals surface area contributed by atoms with Crippen molar-refractivity contribution in [2.24, 2.45) is 5.92 Å². The number of aryl methyl sites for hydroxylation is 1. The molecule has 0 aromatic heterocycles. The number of ether oxygens (including phenoxy) is 2. The first-order chi connectivity index (χ1) is 13.0. The zero-order valence-electron chi connectivity index (χ0n) is 16.9. The molecule has 1 atom stereocenters. The van der Waals surface area contributed by atoms with E-state index >= 15 is 0 Å². The number of hydrogen-bond acceptors (Lipinski definition) is 5. The molecule has 3 radical (unpaired) electrons. The third-order valence-electron chi connectivity index (χ3n) is 5.73. The molecule has 151 valence electrons. The Morgan fingerprint density at radius 2 is 2.14 bits per heavy atom. The summed E-state index contributed by atoms with van der Waals surface area (Å²) in [5.74, 6) is 0.946. The number of nitrogens with zero attached hydrogens (tertiary/aromatic N) is 1. The van der Waals surface area contributed by atoms with Crippen LogP contribution in [0.25, 0.3) is 0 Å². The first kappa shape index (κ1) is 22.5. The minimum atomic E-state index is -0.759. The molecule has 1 unspecified atom stereocenters. The van der Waals surface area contributed by atoms with Crippen LogP contribution in [0.3, 0.4) is 0 Å². The highest BCUT2D eigenvalue weighted by Gasteiger charge is 2.46. The molecule has 28 heavy (non-hydrogen) atoms. The van der Waals surface area contributed by atoms with E-state index in [4.69, 9.17) is 9.47 Å². The van der Waals surface area contributed by atoms with E-state index in [2.05, 4.69) is 17.5 Å². The standard InChI is InChI=1S/C22H31NO4.B/c1-3-5-18-14-17(7-9-21(24)26-4-2)6-8-20(18)27-16-22(25)15-23-12-10-19(22)11-13-23;/h3,6,8,14,19,25H,1,4-5,7,9-13,15-16H2,2H3;. The molecule has 3 aliphatic rings. The van der Waals surface area contributed by atoms with Gasteiger partial charge in [-0.05, 0) is 68.8 Å². The van der Waals surface area contributed by atoms with Crippen molar-refractivity contribution >= 4 is 14.4 Å². The van der Waals surface area contributed by atoms with Gasteiger partial charge in [-0.3, -0.25) is 4.79 Å². The quantitative estimate of drug-likeness (QED) is 0.403. The molecule has 0 aliphatic carbocycles. The summed E-state index contributed by atoms with van der Waals surface area (Å²) in [6.45, 7) is 9.26. The lowest BCUT2D eigenvalue weighted by molar-refractivity contribution is -0.143. The van der Waals surface area contributed by atoms with Crippen molar-refractivity contribution in [3.05, 3.63) is 42.0 Å². The van der Waals surface area contributed by atoms with Crippen LogP contribution < -0.4 is 4.74 Å². The summed E-state index contributed by atoms with van der Waals surface area (Å²) in [6, 6.07) is 6.00. The predicted molar refractivity (Wildman–Crippen MR) is 111 cm³/mol. The second-order valence-electron chi connectivity index (χ2n) is 7.68. The number of allylic oxidation sites excluding steroid dienone is 1. The summed E-state index contributed by atoms with van der Waals surface area (Å²) in [6.07, 6.45) is 5.65. The zero-order chi connectivity index (χ0) is 19.3. The Labute approximate surface area is 170 Å². The molecule has 3 fully saturated rings. The SMILES string of the molecule is C=CCc1cc(CCC(=O)OCC)ccc1OCC1(O)CN2CCC1CC2.[B]. The van der Waals surface area contributed by atoms with Crippen molar-refractivity contribution in [2.75, 3.05) is 32.8 Å². The maximum absolute atomic E-state index is 11.6. The number of benzene rings is 1. The molecular formula is C22H31BNO4. The van der Waals surface area contributed by atoms with Crippen molar-refractivity contribution in [3.8, 4) is 5.75 Å². The van der Waals surface area contributed by atoms with Crippen LogP contribution in [0.2, 0.25) is 0 Å². The molecule has 0 saturated carbocycles. The molecule has 1 aromatic carbocycles. The number of carbonyl (C=O) groups is 1. The Balaban J connectivity index is 0.00000280. The molecule has 5 nitrogen and oxygen atoms in total. The van der Waals surface area contributed by atoms with Gasteiger partial charge in [-0.15, -0.1) is 6.58 Å². The fourth-order valence-electron chi connectivity index (χ4n) is 4.23. The Hall–Kier alpha value is -1.79. The van der Waals surface area contributed by atoms with Gasteiger partial charge in [-0.1, -0.05) is 18.2 Å². The number of aliphatic hydroxyl groups is 1. The van der Waals surface area contributed by atoms with Crippen LogP contribution in [-0.2, 0) is 22.4 Å². The van der Waals surface area contributed by atoms with Gasteiger partial charge in [-0.25, -0.2) is 0 Å². The van der Waals surface area contributed by atoms with E-state index in [1.165, 1.54) is 0 Å². The maximum Gasteiger partial charge on any atom is 0.306 e. The van der Waals surface area contributed by atoms with Crippen molar-refractivity contribution in [3.63, 3.8) is 0 Å². The third kappa shape index (κ3) is 5.39. The van der Waals surface area contributed by atoms with E-state index in [9.17, 15) is 9.90 Å². The molecule has 1 N–H and O–H groups in total. The molecule has 3 aliphatic heterocycles. The molecule has 3 saturated heterocycles. The molecule has 6 heteroatoms. The van der Waals surface area contributed by atoms with E-state index in [0.29, 0.717) is 44.9 Å². The summed E-state index contributed by atoms with van der Waals surface area (Å²) in [4.78, 5) is 13.9. The van der Waals surface area contributed by atoms with Crippen LogP contribution in [0.1, 0.15) is 37.3 Å². The van der Waals surface area contributed by atoms with E-state index in [0.717, 1.165) is 42.8 Å². The molecule has 0 spiro atoms. The van der Waals surface area contributed by atoms with Gasteiger partial charge in [0.2, 0.25) is 0 Å². The van der Waals surface area contributed by atoms with Crippen LogP contribution in [0, 0.1) is 5.92 Å². The summed E-state index contributed by atoms with van der Waals surface area (Å²) in [7, 11) is 0. The van der Waals surface area contributed by atoms with Crippen molar-refractivity contribution in [1.29, 1.82) is 0 Å². The zero-order valence-corrected chi connectivity index (χ0v) is 16.9. The number of piperidine rings is 3. The first-order valence-corrected chi connectivity index (χ1v) is 10.00. The molecule has 3 heterocycles. The predicted octanol–water partition coefficient (Wildman–Crippen LogP) is 2.37. The molecule has 2 bridgehead atoms. The molecule has 1 aromatic rings. The third-order valence-corrected chi connectivity index (χ3v) is 5.73. The number of hydrogen-bond donors (Lipinski definition) is 1. The monoisotopic (exact) mass is 384 g/mol. The van der Waals surface area contributed by atoms with Gasteiger partial charge in [0.25, 0.3) is 0 Å². The second-order valence-corrected chi connectivity index (χ2v) is 7.68. The van der Waals surface area contributed by atoms with Gasteiger partial charge in [0.15, 0.2) is 0 Å². The van der Waals surface area contributed by atoms with E-state index in [1.807, 2.05) is 25.1 Å². The molecule has 0 amide bonds. The highest BCUT2D eigenvalue weighted by Crippen LogP contribution is 2.36. The minimum absolute atomic E-state index is 0. The first-order valence-electron chi connectivity index (χ1n) is 10.00. The van der Waals surface area contributed by atoms with E-state index in [1.54, 1.807) is 0 Å². The van der Waals surface area contributed by atoms with Crippen molar-refractivity contribution in [1.82, 2.24) is 4.90 Å². The van der Waals surface area contributed by atoms with Crippen LogP contribution in [0.15, 0.2) is 30.9 Å². The number of rotatable bonds is 9. The minimum Gasteiger partial charge on any atom is -0.490 e. The van der Waals surface area contributed by atoms with E-state index < -0.39 is 5.60 Å². The maximum atomic E-state index is 11.6. The Morgan fingerprint density at radius 3 is 2.75 bits per heavy atom. The Kier molecular flexibility index (Phi) is 8.14. The number of fused-ring (bicyclic) bond motifs is 3. The Bertz CT molecular complexity index is 673. The normalized spacial score (nSPS) is 25.6. The highest BCUT2D eigenvalue weighted by atomic mass is 16.5. The summed E-state index contributed by atoms with van der Waals surface area (Å²) < 4.78 is 11.1. The fourth-order valence-corrected chi connectivity index (χ4v) is 4.23. The summed E-state index contributed by atoms with van der Waals surface area (Å²) in [5, 5.41) is 11.1. The van der Waals surface area contributed by atoms with Gasteiger partial charge in [0, 0.05) is 21.4 Å². The van der Waals surface area contributed by atoms with Crippen LogP contribution >= 0.6 is 0 Å². The van der Waals surface area contributed by atoms with Gasteiger partial charge < -0.3 is 19.5 Å². The number of esters is 1. The second kappa shape index (κ2) is 10.1. The average molecular weight is 384 g/mol.